The van der Waals surface area contributed by atoms with Crippen LogP contribution < -0.4 is 9.47 Å². The molecule has 1 aromatic carbocycles. The van der Waals surface area contributed by atoms with E-state index in [0.29, 0.717) is 31.7 Å². The number of ether oxygens (including phenoxy) is 2. The molecule has 1 saturated carbocycles. The molecule has 5 nitrogen and oxygen atoms in total. The van der Waals surface area contributed by atoms with Crippen molar-refractivity contribution in [3.63, 3.8) is 0 Å². The molecule has 1 saturated heterocycles. The maximum atomic E-state index is 11.8. The van der Waals surface area contributed by atoms with Crippen LogP contribution in [0, 0.1) is 5.92 Å². The topological polar surface area (TPSA) is 59.0 Å². The molecule has 0 radical (unpaired) electrons. The van der Waals surface area contributed by atoms with Gasteiger partial charge in [-0.25, -0.2) is 0 Å². The smallest absolute Gasteiger partial charge is 0.320 e. The van der Waals surface area contributed by atoms with E-state index < -0.39 is 5.97 Å². The van der Waals surface area contributed by atoms with E-state index in [1.165, 1.54) is 12.8 Å². The molecule has 2 aliphatic heterocycles. The summed E-state index contributed by atoms with van der Waals surface area (Å²) in [6.07, 6.45) is 5.48. The van der Waals surface area contributed by atoms with Gasteiger partial charge in [0.1, 0.15) is 19.3 Å². The number of likely N-dealkylation sites (tertiary alicyclic amines) is 1. The predicted octanol–water partition coefficient (Wildman–Crippen LogP) is 3.44. The summed E-state index contributed by atoms with van der Waals surface area (Å²) in [5.41, 5.74) is 1.07. The van der Waals surface area contributed by atoms with Gasteiger partial charge in [-0.05, 0) is 42.9 Å². The summed E-state index contributed by atoms with van der Waals surface area (Å²) in [7, 11) is 0. The van der Waals surface area contributed by atoms with Crippen molar-refractivity contribution in [3.8, 4) is 11.5 Å². The summed E-state index contributed by atoms with van der Waals surface area (Å²) in [5, 5.41) is 9.67. The summed E-state index contributed by atoms with van der Waals surface area (Å²) in [6.45, 7) is 1.76. The Labute approximate surface area is 150 Å². The van der Waals surface area contributed by atoms with Gasteiger partial charge in [0.15, 0.2) is 11.5 Å². The van der Waals surface area contributed by atoms with Crippen molar-refractivity contribution in [3.05, 3.63) is 22.2 Å². The van der Waals surface area contributed by atoms with E-state index >= 15 is 0 Å². The number of hydrogen-bond acceptors (Lipinski definition) is 4. The molecule has 3 aliphatic rings. The van der Waals surface area contributed by atoms with Crippen LogP contribution in [0.15, 0.2) is 16.6 Å². The van der Waals surface area contributed by atoms with E-state index in [1.54, 1.807) is 0 Å². The zero-order valence-electron chi connectivity index (χ0n) is 13.5. The lowest BCUT2D eigenvalue weighted by molar-refractivity contribution is -0.142. The van der Waals surface area contributed by atoms with Crippen LogP contribution in [-0.2, 0) is 11.3 Å². The summed E-state index contributed by atoms with van der Waals surface area (Å²) >= 11 is 3.62. The van der Waals surface area contributed by atoms with E-state index in [-0.39, 0.29) is 6.04 Å². The lowest BCUT2D eigenvalue weighted by Gasteiger charge is -2.33. The summed E-state index contributed by atoms with van der Waals surface area (Å²) < 4.78 is 12.2. The standard InChI is InChI=1S/C18H22BrNO4/c19-13-9-17-16(23-5-6-24-17)8-12(13)10-20-14-4-2-1-3-11(14)7-15(20)18(21)22/h8-9,11,14-15H,1-7,10H2,(H,21,22)/t11-,14-,15+/m1/s1. The number of rotatable bonds is 3. The molecule has 0 aromatic heterocycles. The van der Waals surface area contributed by atoms with Crippen LogP contribution in [0.5, 0.6) is 11.5 Å². The van der Waals surface area contributed by atoms with Gasteiger partial charge >= 0.3 is 5.97 Å². The maximum absolute atomic E-state index is 11.8. The van der Waals surface area contributed by atoms with E-state index in [9.17, 15) is 9.90 Å². The molecule has 0 bridgehead atoms. The molecule has 0 spiro atoms. The molecule has 0 unspecified atom stereocenters. The van der Waals surface area contributed by atoms with Gasteiger partial charge in [0.2, 0.25) is 0 Å². The van der Waals surface area contributed by atoms with Gasteiger partial charge in [0, 0.05) is 17.1 Å². The number of halogens is 1. The van der Waals surface area contributed by atoms with Gasteiger partial charge in [0.25, 0.3) is 0 Å². The molecule has 1 aliphatic carbocycles. The average Bonchev–Trinajstić information content (AvgIpc) is 2.95. The van der Waals surface area contributed by atoms with E-state index in [1.807, 2.05) is 12.1 Å². The van der Waals surface area contributed by atoms with Gasteiger partial charge in [0.05, 0.1) is 0 Å². The van der Waals surface area contributed by atoms with Crippen LogP contribution >= 0.6 is 15.9 Å². The van der Waals surface area contributed by atoms with Gasteiger partial charge in [-0.15, -0.1) is 0 Å². The highest BCUT2D eigenvalue weighted by molar-refractivity contribution is 9.10. The van der Waals surface area contributed by atoms with E-state index in [0.717, 1.165) is 40.8 Å². The highest BCUT2D eigenvalue weighted by atomic mass is 79.9. The summed E-state index contributed by atoms with van der Waals surface area (Å²) in [6, 6.07) is 3.94. The van der Waals surface area contributed by atoms with Crippen LogP contribution in [0.4, 0.5) is 0 Å². The predicted molar refractivity (Wildman–Crippen MR) is 92.5 cm³/mol. The Hall–Kier alpha value is -1.27. The molecule has 1 aromatic rings. The van der Waals surface area contributed by atoms with Crippen molar-refractivity contribution in [2.75, 3.05) is 13.2 Å². The molecular weight excluding hydrogens is 374 g/mol. The first kappa shape index (κ1) is 16.2. The molecular formula is C18H22BrNO4. The average molecular weight is 396 g/mol. The Bertz CT molecular complexity index is 650. The molecule has 0 amide bonds. The monoisotopic (exact) mass is 395 g/mol. The third kappa shape index (κ3) is 2.90. The number of nitrogens with zero attached hydrogens (tertiary/aromatic N) is 1. The number of hydrogen-bond donors (Lipinski definition) is 1. The second-order valence-electron chi connectivity index (χ2n) is 6.96. The minimum Gasteiger partial charge on any atom is -0.486 e. The number of carboxylic acids is 1. The highest BCUT2D eigenvalue weighted by Gasteiger charge is 2.45. The largest absolute Gasteiger partial charge is 0.486 e. The maximum Gasteiger partial charge on any atom is 0.320 e. The fraction of sp³-hybridized carbons (Fsp3) is 0.611. The van der Waals surface area contributed by atoms with Gasteiger partial charge in [-0.1, -0.05) is 28.8 Å². The molecule has 4 rings (SSSR count). The van der Waals surface area contributed by atoms with Gasteiger partial charge in [-0.2, -0.15) is 0 Å². The van der Waals surface area contributed by atoms with Crippen molar-refractivity contribution in [2.24, 2.45) is 5.92 Å². The quantitative estimate of drug-likeness (QED) is 0.849. The Kier molecular flexibility index (Phi) is 4.43. The van der Waals surface area contributed by atoms with Crippen molar-refractivity contribution in [1.29, 1.82) is 0 Å². The van der Waals surface area contributed by atoms with E-state index in [4.69, 9.17) is 9.47 Å². The first-order valence-electron chi connectivity index (χ1n) is 8.70. The second kappa shape index (κ2) is 6.56. The van der Waals surface area contributed by atoms with Crippen LogP contribution in [0.25, 0.3) is 0 Å². The Morgan fingerprint density at radius 1 is 1.21 bits per heavy atom. The van der Waals surface area contributed by atoms with Gasteiger partial charge in [-0.3, -0.25) is 9.69 Å². The zero-order chi connectivity index (χ0) is 16.7. The first-order chi connectivity index (χ1) is 11.6. The van der Waals surface area contributed by atoms with E-state index in [2.05, 4.69) is 20.8 Å². The number of carbonyl (C=O) groups is 1. The molecule has 130 valence electrons. The molecule has 2 heterocycles. The normalized spacial score (nSPS) is 29.3. The third-order valence-electron chi connectivity index (χ3n) is 5.57. The molecule has 2 fully saturated rings. The Morgan fingerprint density at radius 3 is 2.67 bits per heavy atom. The zero-order valence-corrected chi connectivity index (χ0v) is 15.1. The summed E-state index contributed by atoms with van der Waals surface area (Å²) in [4.78, 5) is 14.0. The fourth-order valence-electron chi connectivity index (χ4n) is 4.45. The second-order valence-corrected chi connectivity index (χ2v) is 7.82. The molecule has 1 N–H and O–H groups in total. The molecule has 6 heteroatoms. The van der Waals surface area contributed by atoms with Crippen molar-refractivity contribution < 1.29 is 19.4 Å². The lowest BCUT2D eigenvalue weighted by Crippen LogP contribution is -2.41. The third-order valence-corrected chi connectivity index (χ3v) is 6.31. The summed E-state index contributed by atoms with van der Waals surface area (Å²) in [5.74, 6) is 1.34. The fourth-order valence-corrected chi connectivity index (χ4v) is 4.89. The first-order valence-corrected chi connectivity index (χ1v) is 9.49. The van der Waals surface area contributed by atoms with Crippen LogP contribution in [-0.4, -0.2) is 41.3 Å². The van der Waals surface area contributed by atoms with Gasteiger partial charge < -0.3 is 14.6 Å². The highest BCUT2D eigenvalue weighted by Crippen LogP contribution is 2.42. The Balaban J connectivity index is 1.61. The van der Waals surface area contributed by atoms with Crippen LogP contribution in [0.1, 0.15) is 37.7 Å². The minimum atomic E-state index is -0.696. The number of carboxylic acid groups (broad SMARTS) is 1. The van der Waals surface area contributed by atoms with Crippen molar-refractivity contribution in [1.82, 2.24) is 4.90 Å². The van der Waals surface area contributed by atoms with Crippen molar-refractivity contribution >= 4 is 21.9 Å². The number of aliphatic carboxylic acids is 1. The Morgan fingerprint density at radius 2 is 1.92 bits per heavy atom. The molecule has 24 heavy (non-hydrogen) atoms. The van der Waals surface area contributed by atoms with Crippen molar-refractivity contribution in [2.45, 2.75) is 50.7 Å². The van der Waals surface area contributed by atoms with Crippen LogP contribution in [0.3, 0.4) is 0 Å². The molecule has 3 atom stereocenters. The number of benzene rings is 1. The number of fused-ring (bicyclic) bond motifs is 2. The SMILES string of the molecule is O=C(O)[C@@H]1C[C@H]2CCCC[C@H]2N1Cc1cc2c(cc1Br)OCCO2. The minimum absolute atomic E-state index is 0.377. The van der Waals surface area contributed by atoms with Crippen LogP contribution in [0.2, 0.25) is 0 Å². The lowest BCUT2D eigenvalue weighted by atomic mass is 9.84.